The Bertz CT molecular complexity index is 340. The highest BCUT2D eigenvalue weighted by Crippen LogP contribution is 2.38. The molecule has 0 spiro atoms. The van der Waals surface area contributed by atoms with Gasteiger partial charge in [-0.05, 0) is 61.2 Å². The van der Waals surface area contributed by atoms with Crippen LogP contribution in [0, 0.1) is 0 Å². The monoisotopic (exact) mass is 241 g/mol. The lowest BCUT2D eigenvalue weighted by molar-refractivity contribution is 0.576. The van der Waals surface area contributed by atoms with Crippen LogP contribution in [0.25, 0.3) is 0 Å². The molecule has 1 aromatic rings. The first kappa shape index (κ1) is 11.3. The van der Waals surface area contributed by atoms with Gasteiger partial charge in [0.25, 0.3) is 0 Å². The fourth-order valence-corrected chi connectivity index (χ4v) is 3.41. The molecule has 1 aliphatic rings. The summed E-state index contributed by atoms with van der Waals surface area (Å²) in [6, 6.07) is 6.25. The van der Waals surface area contributed by atoms with Gasteiger partial charge in [-0.3, -0.25) is 0 Å². The third kappa shape index (κ3) is 2.68. The van der Waals surface area contributed by atoms with E-state index >= 15 is 0 Å². The zero-order valence-corrected chi connectivity index (χ0v) is 10.3. The highest BCUT2D eigenvalue weighted by Gasteiger charge is 2.18. The normalized spacial score (nSPS) is 20.8. The highest BCUT2D eigenvalue weighted by molar-refractivity contribution is 7.99. The van der Waals surface area contributed by atoms with Gasteiger partial charge in [0.2, 0.25) is 0 Å². The van der Waals surface area contributed by atoms with Crippen molar-refractivity contribution in [3.05, 3.63) is 28.8 Å². The van der Waals surface area contributed by atoms with Crippen LogP contribution in [0.15, 0.2) is 23.1 Å². The van der Waals surface area contributed by atoms with E-state index in [1.165, 1.54) is 29.1 Å². The van der Waals surface area contributed by atoms with Crippen LogP contribution < -0.4 is 5.73 Å². The van der Waals surface area contributed by atoms with Gasteiger partial charge in [-0.2, -0.15) is 0 Å². The molecular weight excluding hydrogens is 226 g/mol. The van der Waals surface area contributed by atoms with Crippen molar-refractivity contribution in [2.45, 2.75) is 30.1 Å². The molecule has 82 valence electrons. The summed E-state index contributed by atoms with van der Waals surface area (Å²) < 4.78 is 0. The topological polar surface area (TPSA) is 26.0 Å². The Kier molecular flexibility index (Phi) is 3.95. The molecule has 1 atom stereocenters. The molecule has 1 aliphatic heterocycles. The fourth-order valence-electron chi connectivity index (χ4n) is 2.14. The van der Waals surface area contributed by atoms with Crippen LogP contribution in [0.3, 0.4) is 0 Å². The maximum Gasteiger partial charge on any atom is 0.0409 e. The molecule has 0 saturated carbocycles. The summed E-state index contributed by atoms with van der Waals surface area (Å²) in [5.41, 5.74) is 7.08. The number of fused-ring (bicyclic) bond motifs is 1. The molecule has 0 fully saturated rings. The van der Waals surface area contributed by atoms with Crippen molar-refractivity contribution in [1.29, 1.82) is 0 Å². The Balaban J connectivity index is 2.33. The first-order valence-corrected chi connectivity index (χ1v) is 6.80. The smallest absolute Gasteiger partial charge is 0.0409 e. The molecule has 0 aromatic heterocycles. The first-order chi connectivity index (χ1) is 7.31. The second-order valence-corrected chi connectivity index (χ2v) is 5.52. The Labute approximate surface area is 100 Å². The molecular formula is C12H16ClNS. The van der Waals surface area contributed by atoms with Crippen LogP contribution in [-0.2, 0) is 0 Å². The zero-order valence-electron chi connectivity index (χ0n) is 8.71. The van der Waals surface area contributed by atoms with E-state index in [-0.39, 0.29) is 0 Å². The Hall–Kier alpha value is -0.180. The Morgan fingerprint density at radius 3 is 3.13 bits per heavy atom. The maximum atomic E-state index is 6.05. The molecule has 3 heteroatoms. The summed E-state index contributed by atoms with van der Waals surface area (Å²) in [7, 11) is 0. The van der Waals surface area contributed by atoms with Crippen molar-refractivity contribution >= 4 is 23.4 Å². The molecule has 0 radical (unpaired) electrons. The van der Waals surface area contributed by atoms with E-state index in [9.17, 15) is 0 Å². The minimum atomic E-state index is 0.610. The van der Waals surface area contributed by atoms with Gasteiger partial charge < -0.3 is 5.73 Å². The average molecular weight is 242 g/mol. The van der Waals surface area contributed by atoms with Crippen LogP contribution in [0.2, 0.25) is 5.02 Å². The van der Waals surface area contributed by atoms with Crippen LogP contribution in [0.4, 0.5) is 0 Å². The second-order valence-electron chi connectivity index (χ2n) is 3.95. The molecule has 2 N–H and O–H groups in total. The summed E-state index contributed by atoms with van der Waals surface area (Å²) in [5, 5.41) is 0.846. The molecule has 15 heavy (non-hydrogen) atoms. The van der Waals surface area contributed by atoms with Gasteiger partial charge in [-0.1, -0.05) is 11.6 Å². The van der Waals surface area contributed by atoms with Crippen LogP contribution in [0.1, 0.15) is 30.7 Å². The Morgan fingerprint density at radius 2 is 2.33 bits per heavy atom. The summed E-state index contributed by atoms with van der Waals surface area (Å²) in [5.74, 6) is 1.83. The number of benzene rings is 1. The number of rotatable bonds is 2. The van der Waals surface area contributed by atoms with Crippen LogP contribution >= 0.6 is 23.4 Å². The molecule has 0 saturated heterocycles. The summed E-state index contributed by atoms with van der Waals surface area (Å²) >= 11 is 8.00. The number of nitrogens with two attached hydrogens (primary N) is 1. The molecule has 2 rings (SSSR count). The van der Waals surface area contributed by atoms with E-state index in [4.69, 9.17) is 17.3 Å². The van der Waals surface area contributed by atoms with Crippen LogP contribution in [0.5, 0.6) is 0 Å². The SMILES string of the molecule is NCCC1CCCSc2ccc(Cl)cc21. The number of thioether (sulfide) groups is 1. The predicted molar refractivity (Wildman–Crippen MR) is 67.8 cm³/mol. The molecule has 1 aromatic carbocycles. The summed E-state index contributed by atoms with van der Waals surface area (Å²) in [6.07, 6.45) is 3.60. The molecule has 1 unspecified atom stereocenters. The molecule has 0 bridgehead atoms. The van der Waals surface area contributed by atoms with Gasteiger partial charge in [0.1, 0.15) is 0 Å². The zero-order chi connectivity index (χ0) is 10.7. The molecule has 1 heterocycles. The minimum Gasteiger partial charge on any atom is -0.330 e. The number of hydrogen-bond donors (Lipinski definition) is 1. The standard InChI is InChI=1S/C12H16ClNS/c13-10-3-4-12-11(8-10)9(5-6-14)2-1-7-15-12/h3-4,8-9H,1-2,5-7,14H2. The fraction of sp³-hybridized carbons (Fsp3) is 0.500. The van der Waals surface area contributed by atoms with Gasteiger partial charge in [-0.25, -0.2) is 0 Å². The first-order valence-electron chi connectivity index (χ1n) is 5.43. The van der Waals surface area contributed by atoms with Crippen molar-refractivity contribution in [2.24, 2.45) is 5.73 Å². The third-order valence-electron chi connectivity index (χ3n) is 2.88. The Morgan fingerprint density at radius 1 is 1.47 bits per heavy atom. The van der Waals surface area contributed by atoms with E-state index in [0.717, 1.165) is 18.0 Å². The summed E-state index contributed by atoms with van der Waals surface area (Å²) in [4.78, 5) is 1.40. The van der Waals surface area contributed by atoms with Gasteiger partial charge in [0.05, 0.1) is 0 Å². The van der Waals surface area contributed by atoms with E-state index in [1.807, 2.05) is 17.8 Å². The quantitative estimate of drug-likeness (QED) is 0.855. The van der Waals surface area contributed by atoms with Gasteiger partial charge in [0.15, 0.2) is 0 Å². The molecule has 0 amide bonds. The predicted octanol–water partition coefficient (Wildman–Crippen LogP) is 3.66. The van der Waals surface area contributed by atoms with Gasteiger partial charge >= 0.3 is 0 Å². The second kappa shape index (κ2) is 5.24. The van der Waals surface area contributed by atoms with E-state index in [0.29, 0.717) is 5.92 Å². The van der Waals surface area contributed by atoms with Crippen molar-refractivity contribution in [1.82, 2.24) is 0 Å². The van der Waals surface area contributed by atoms with Gasteiger partial charge in [0, 0.05) is 9.92 Å². The van der Waals surface area contributed by atoms with Crippen LogP contribution in [-0.4, -0.2) is 12.3 Å². The molecule has 0 aliphatic carbocycles. The maximum absolute atomic E-state index is 6.05. The van der Waals surface area contributed by atoms with Crippen molar-refractivity contribution in [3.8, 4) is 0 Å². The minimum absolute atomic E-state index is 0.610. The van der Waals surface area contributed by atoms with E-state index in [1.54, 1.807) is 0 Å². The van der Waals surface area contributed by atoms with Crippen molar-refractivity contribution in [2.75, 3.05) is 12.3 Å². The molecule has 1 nitrogen and oxygen atoms in total. The lowest BCUT2D eigenvalue weighted by Gasteiger charge is -2.16. The average Bonchev–Trinajstić information content (AvgIpc) is 2.42. The van der Waals surface area contributed by atoms with E-state index < -0.39 is 0 Å². The largest absolute Gasteiger partial charge is 0.330 e. The number of hydrogen-bond acceptors (Lipinski definition) is 2. The highest BCUT2D eigenvalue weighted by atomic mass is 35.5. The van der Waals surface area contributed by atoms with Crippen molar-refractivity contribution < 1.29 is 0 Å². The lowest BCUT2D eigenvalue weighted by atomic mass is 9.91. The van der Waals surface area contributed by atoms with Crippen molar-refractivity contribution in [3.63, 3.8) is 0 Å². The number of halogens is 1. The lowest BCUT2D eigenvalue weighted by Crippen LogP contribution is -2.07. The van der Waals surface area contributed by atoms with Gasteiger partial charge in [-0.15, -0.1) is 11.8 Å². The van der Waals surface area contributed by atoms with E-state index in [2.05, 4.69) is 12.1 Å². The third-order valence-corrected chi connectivity index (χ3v) is 4.29. The summed E-state index contributed by atoms with van der Waals surface area (Å²) in [6.45, 7) is 0.765.